The standard InChI is InChI=1S/C15H16F7N5O2/c1-25-4-6-26(7-5-25)11-2-3-12(27(28)29)10(8-11)9-23-24-15(21,22)13(16,17)14(18,19)20/h2-3,8-9,24H,4-7H2,1H3/b23-9+. The molecule has 0 unspecified atom stereocenters. The number of piperazine rings is 1. The van der Waals surface area contributed by atoms with Gasteiger partial charge in [0, 0.05) is 37.9 Å². The molecule has 1 aromatic carbocycles. The first-order valence-corrected chi connectivity index (χ1v) is 8.11. The van der Waals surface area contributed by atoms with Gasteiger partial charge in [-0.15, -0.1) is 0 Å². The van der Waals surface area contributed by atoms with Crippen molar-refractivity contribution in [2.75, 3.05) is 38.1 Å². The van der Waals surface area contributed by atoms with Crippen molar-refractivity contribution in [2.45, 2.75) is 18.1 Å². The van der Waals surface area contributed by atoms with Crippen LogP contribution in [0.15, 0.2) is 23.3 Å². The van der Waals surface area contributed by atoms with Gasteiger partial charge in [-0.05, 0) is 19.2 Å². The molecule has 0 radical (unpaired) electrons. The van der Waals surface area contributed by atoms with E-state index in [4.69, 9.17) is 0 Å². The van der Waals surface area contributed by atoms with Crippen molar-refractivity contribution in [3.05, 3.63) is 33.9 Å². The average molecular weight is 431 g/mol. The van der Waals surface area contributed by atoms with E-state index < -0.39 is 28.8 Å². The van der Waals surface area contributed by atoms with Crippen LogP contribution >= 0.6 is 0 Å². The second-order valence-corrected chi connectivity index (χ2v) is 6.31. The summed E-state index contributed by atoms with van der Waals surface area (Å²) >= 11 is 0. The molecular weight excluding hydrogens is 415 g/mol. The van der Waals surface area contributed by atoms with Crippen molar-refractivity contribution in [2.24, 2.45) is 5.10 Å². The van der Waals surface area contributed by atoms with Crippen LogP contribution in [0.25, 0.3) is 0 Å². The summed E-state index contributed by atoms with van der Waals surface area (Å²) in [7, 11) is 1.90. The van der Waals surface area contributed by atoms with Crippen molar-refractivity contribution in [3.63, 3.8) is 0 Å². The first-order chi connectivity index (χ1) is 13.3. The molecule has 29 heavy (non-hydrogen) atoms. The van der Waals surface area contributed by atoms with Crippen LogP contribution in [-0.2, 0) is 0 Å². The molecule has 0 atom stereocenters. The molecule has 1 fully saturated rings. The highest BCUT2D eigenvalue weighted by Crippen LogP contribution is 2.45. The number of hydrogen-bond donors (Lipinski definition) is 1. The molecule has 1 saturated heterocycles. The first-order valence-electron chi connectivity index (χ1n) is 8.11. The van der Waals surface area contributed by atoms with Crippen molar-refractivity contribution in [1.82, 2.24) is 10.3 Å². The van der Waals surface area contributed by atoms with Crippen LogP contribution in [0.4, 0.5) is 42.1 Å². The number of alkyl halides is 7. The van der Waals surface area contributed by atoms with E-state index in [-0.39, 0.29) is 5.56 Å². The zero-order chi connectivity index (χ0) is 22.0. The number of rotatable bonds is 6. The van der Waals surface area contributed by atoms with Crippen LogP contribution in [0.3, 0.4) is 0 Å². The average Bonchev–Trinajstić information content (AvgIpc) is 2.60. The third-order valence-corrected chi connectivity index (χ3v) is 4.24. The van der Waals surface area contributed by atoms with E-state index in [9.17, 15) is 40.8 Å². The summed E-state index contributed by atoms with van der Waals surface area (Å²) in [6.45, 7) is 2.53. The molecule has 1 heterocycles. The molecule has 1 aliphatic heterocycles. The minimum absolute atomic E-state index is 0.343. The van der Waals surface area contributed by atoms with E-state index in [1.807, 2.05) is 16.8 Å². The first kappa shape index (κ1) is 22.6. The van der Waals surface area contributed by atoms with Crippen LogP contribution in [0.1, 0.15) is 5.56 Å². The smallest absolute Gasteiger partial charge is 0.369 e. The van der Waals surface area contributed by atoms with E-state index in [0.717, 1.165) is 6.07 Å². The predicted octanol–water partition coefficient (Wildman–Crippen LogP) is 3.06. The lowest BCUT2D eigenvalue weighted by Crippen LogP contribution is -2.58. The molecule has 1 N–H and O–H groups in total. The molecule has 0 saturated carbocycles. The van der Waals surface area contributed by atoms with Gasteiger partial charge in [-0.1, -0.05) is 0 Å². The lowest BCUT2D eigenvalue weighted by molar-refractivity contribution is -0.385. The van der Waals surface area contributed by atoms with Crippen molar-refractivity contribution < 1.29 is 35.7 Å². The SMILES string of the molecule is CN1CCN(c2ccc([N+](=O)[O-])c(/C=N/NC(F)(F)C(F)(F)C(F)(F)F)c2)CC1. The zero-order valence-corrected chi connectivity index (χ0v) is 14.9. The lowest BCUT2D eigenvalue weighted by atomic mass is 10.1. The molecule has 1 aliphatic rings. The zero-order valence-electron chi connectivity index (χ0n) is 14.9. The molecule has 14 heteroatoms. The van der Waals surface area contributed by atoms with Gasteiger partial charge in [0.15, 0.2) is 0 Å². The molecule has 7 nitrogen and oxygen atoms in total. The van der Waals surface area contributed by atoms with Crippen LogP contribution in [0, 0.1) is 10.1 Å². The fraction of sp³-hybridized carbons (Fsp3) is 0.533. The van der Waals surface area contributed by atoms with Crippen LogP contribution in [-0.4, -0.2) is 67.4 Å². The summed E-state index contributed by atoms with van der Waals surface area (Å²) < 4.78 is 88.5. The van der Waals surface area contributed by atoms with Crippen LogP contribution in [0.5, 0.6) is 0 Å². The van der Waals surface area contributed by atoms with Gasteiger partial charge < -0.3 is 9.80 Å². The van der Waals surface area contributed by atoms with Gasteiger partial charge in [-0.25, -0.2) is 5.43 Å². The number of nitro benzene ring substituents is 1. The van der Waals surface area contributed by atoms with Crippen molar-refractivity contribution in [1.29, 1.82) is 0 Å². The van der Waals surface area contributed by atoms with Gasteiger partial charge in [0.05, 0.1) is 16.7 Å². The number of likely N-dealkylation sites (N-methyl/N-ethyl adjacent to an activating group) is 1. The Morgan fingerprint density at radius 1 is 1.10 bits per heavy atom. The summed E-state index contributed by atoms with van der Waals surface area (Å²) in [4.78, 5) is 14.1. The maximum absolute atomic E-state index is 13.2. The van der Waals surface area contributed by atoms with Crippen molar-refractivity contribution in [3.8, 4) is 0 Å². The minimum atomic E-state index is -6.52. The van der Waals surface area contributed by atoms with E-state index in [1.54, 1.807) is 0 Å². The Labute approximate surface area is 159 Å². The Kier molecular flexibility index (Phi) is 6.25. The number of anilines is 1. The number of hydrazone groups is 1. The Morgan fingerprint density at radius 2 is 1.69 bits per heavy atom. The summed E-state index contributed by atoms with van der Waals surface area (Å²) in [6, 6.07) is -2.06. The molecular formula is C15H16F7N5O2. The second kappa shape index (κ2) is 8.00. The fourth-order valence-corrected chi connectivity index (χ4v) is 2.50. The molecule has 0 aromatic heterocycles. The maximum atomic E-state index is 13.2. The Morgan fingerprint density at radius 3 is 2.21 bits per heavy atom. The van der Waals surface area contributed by atoms with Gasteiger partial charge in [0.2, 0.25) is 0 Å². The lowest BCUT2D eigenvalue weighted by Gasteiger charge is -2.34. The number of halogens is 7. The third kappa shape index (κ3) is 4.86. The van der Waals surface area contributed by atoms with Gasteiger partial charge in [-0.3, -0.25) is 10.1 Å². The highest BCUT2D eigenvalue weighted by molar-refractivity contribution is 5.87. The normalized spacial score (nSPS) is 17.0. The Bertz CT molecular complexity index is 777. The maximum Gasteiger partial charge on any atom is 0.462 e. The molecule has 0 aliphatic carbocycles. The van der Waals surface area contributed by atoms with Gasteiger partial charge in [0.1, 0.15) is 0 Å². The second-order valence-electron chi connectivity index (χ2n) is 6.31. The van der Waals surface area contributed by atoms with Gasteiger partial charge in [0.25, 0.3) is 5.69 Å². The van der Waals surface area contributed by atoms with E-state index >= 15 is 0 Å². The number of nitro groups is 1. The number of nitrogens with one attached hydrogen (secondary N) is 1. The topological polar surface area (TPSA) is 74.0 Å². The highest BCUT2D eigenvalue weighted by atomic mass is 19.4. The predicted molar refractivity (Wildman–Crippen MR) is 89.5 cm³/mol. The summed E-state index contributed by atoms with van der Waals surface area (Å²) in [6.07, 6.45) is -6.12. The fourth-order valence-electron chi connectivity index (χ4n) is 2.50. The molecule has 0 amide bonds. The molecule has 1 aromatic rings. The summed E-state index contributed by atoms with van der Waals surface area (Å²) in [5, 5.41) is 13.8. The van der Waals surface area contributed by atoms with Gasteiger partial charge >= 0.3 is 18.1 Å². The van der Waals surface area contributed by atoms with E-state index in [2.05, 4.69) is 5.10 Å². The quantitative estimate of drug-likeness (QED) is 0.247. The molecule has 0 bridgehead atoms. The monoisotopic (exact) mass is 431 g/mol. The molecule has 162 valence electrons. The van der Waals surface area contributed by atoms with Crippen LogP contribution in [0.2, 0.25) is 0 Å². The summed E-state index contributed by atoms with van der Waals surface area (Å²) in [5.74, 6) is -6.40. The van der Waals surface area contributed by atoms with E-state index in [0.29, 0.717) is 43.5 Å². The third-order valence-electron chi connectivity index (χ3n) is 4.24. The minimum Gasteiger partial charge on any atom is -0.369 e. The number of benzene rings is 1. The molecule has 0 spiro atoms. The van der Waals surface area contributed by atoms with Crippen LogP contribution < -0.4 is 10.3 Å². The molecule has 2 rings (SSSR count). The highest BCUT2D eigenvalue weighted by Gasteiger charge is 2.73. The number of nitrogens with zero attached hydrogens (tertiary/aromatic N) is 4. The largest absolute Gasteiger partial charge is 0.462 e. The van der Waals surface area contributed by atoms with E-state index in [1.165, 1.54) is 12.1 Å². The van der Waals surface area contributed by atoms with Crippen molar-refractivity contribution >= 4 is 17.6 Å². The van der Waals surface area contributed by atoms with Gasteiger partial charge in [-0.2, -0.15) is 35.8 Å². The Balaban J connectivity index is 2.26. The number of hydrogen-bond acceptors (Lipinski definition) is 6. The summed E-state index contributed by atoms with van der Waals surface area (Å²) in [5.41, 5.74) is 0.00582. The Hall–Kier alpha value is -2.64.